The van der Waals surface area contributed by atoms with E-state index < -0.39 is 17.9 Å². The summed E-state index contributed by atoms with van der Waals surface area (Å²) in [7, 11) is 2.46. The van der Waals surface area contributed by atoms with Gasteiger partial charge in [0.2, 0.25) is 0 Å². The van der Waals surface area contributed by atoms with Gasteiger partial charge in [-0.1, -0.05) is 13.3 Å². The first-order chi connectivity index (χ1) is 7.56. The van der Waals surface area contributed by atoms with Crippen LogP contribution in [0.5, 0.6) is 0 Å². The van der Waals surface area contributed by atoms with E-state index in [1.165, 1.54) is 14.2 Å². The van der Waals surface area contributed by atoms with E-state index in [-0.39, 0.29) is 6.42 Å². The zero-order valence-corrected chi connectivity index (χ0v) is 10.0. The molecule has 5 heteroatoms. The van der Waals surface area contributed by atoms with E-state index in [1.807, 2.05) is 6.92 Å². The van der Waals surface area contributed by atoms with E-state index >= 15 is 0 Å². The highest BCUT2D eigenvalue weighted by Crippen LogP contribution is 2.12. The smallest absolute Gasteiger partial charge is 0.320 e. The molecule has 0 aromatic heterocycles. The largest absolute Gasteiger partial charge is 0.468 e. The van der Waals surface area contributed by atoms with Crippen LogP contribution < -0.4 is 0 Å². The van der Waals surface area contributed by atoms with Gasteiger partial charge in [-0.05, 0) is 19.3 Å². The van der Waals surface area contributed by atoms with Crippen LogP contribution in [0, 0.1) is 11.3 Å². The Bertz CT molecular complexity index is 247. The summed E-state index contributed by atoms with van der Waals surface area (Å²) in [6, 6.07) is 0. The van der Waals surface area contributed by atoms with Crippen LogP contribution >= 0.6 is 0 Å². The topological polar surface area (TPSA) is 76.5 Å². The number of ether oxygens (including phenoxy) is 2. The summed E-state index contributed by atoms with van der Waals surface area (Å²) < 4.78 is 9.03. The number of esters is 2. The summed E-state index contributed by atoms with van der Waals surface area (Å²) in [6.45, 7) is 1.98. The zero-order valence-electron chi connectivity index (χ0n) is 10.0. The third-order valence-corrected chi connectivity index (χ3v) is 2.26. The monoisotopic (exact) mass is 229 g/mol. The molecule has 92 valence electrons. The van der Waals surface area contributed by atoms with Crippen molar-refractivity contribution in [3.8, 4) is 0 Å². The van der Waals surface area contributed by atoms with Crippen LogP contribution in [0.1, 0.15) is 32.6 Å². The van der Waals surface area contributed by atoms with Crippen molar-refractivity contribution < 1.29 is 19.1 Å². The van der Waals surface area contributed by atoms with Gasteiger partial charge in [-0.3, -0.25) is 9.59 Å². The fourth-order valence-electron chi connectivity index (χ4n) is 1.36. The molecule has 16 heavy (non-hydrogen) atoms. The lowest BCUT2D eigenvalue weighted by atomic mass is 10.00. The first-order valence-corrected chi connectivity index (χ1v) is 5.28. The first-order valence-electron chi connectivity index (χ1n) is 5.28. The van der Waals surface area contributed by atoms with Gasteiger partial charge in [-0.15, -0.1) is 0 Å². The molecule has 0 saturated heterocycles. The van der Waals surface area contributed by atoms with Crippen molar-refractivity contribution >= 4 is 17.7 Å². The molecular formula is C11H19NO4. The Morgan fingerprint density at radius 3 is 2.00 bits per heavy atom. The second-order valence-electron chi connectivity index (χ2n) is 3.49. The van der Waals surface area contributed by atoms with E-state index in [9.17, 15) is 9.59 Å². The maximum atomic E-state index is 11.3. The molecule has 0 unspecified atom stereocenters. The molecule has 0 saturated carbocycles. The minimum absolute atomic E-state index is 0.276. The van der Waals surface area contributed by atoms with Gasteiger partial charge in [-0.2, -0.15) is 0 Å². The van der Waals surface area contributed by atoms with Gasteiger partial charge in [0.25, 0.3) is 0 Å². The average molecular weight is 229 g/mol. The molecule has 0 aromatic carbocycles. The van der Waals surface area contributed by atoms with Crippen molar-refractivity contribution in [1.29, 1.82) is 5.41 Å². The van der Waals surface area contributed by atoms with Crippen LogP contribution in [-0.4, -0.2) is 31.9 Å². The Labute approximate surface area is 95.6 Å². The third kappa shape index (κ3) is 4.91. The fraction of sp³-hybridized carbons (Fsp3) is 0.727. The lowest BCUT2D eigenvalue weighted by Crippen LogP contribution is -2.27. The summed E-state index contributed by atoms with van der Waals surface area (Å²) in [4.78, 5) is 22.6. The lowest BCUT2D eigenvalue weighted by Gasteiger charge is -2.12. The normalized spacial score (nSPS) is 10.0. The fourth-order valence-corrected chi connectivity index (χ4v) is 1.36. The number of carbonyl (C=O) groups excluding carboxylic acids is 2. The maximum absolute atomic E-state index is 11.3. The number of hydrogen-bond acceptors (Lipinski definition) is 5. The minimum atomic E-state index is -0.910. The molecular weight excluding hydrogens is 210 g/mol. The summed E-state index contributed by atoms with van der Waals surface area (Å²) in [5.41, 5.74) is 0.542. The van der Waals surface area contributed by atoms with Crippen LogP contribution in [0.4, 0.5) is 0 Å². The number of hydrogen-bond donors (Lipinski definition) is 1. The van der Waals surface area contributed by atoms with Crippen LogP contribution in [0.2, 0.25) is 0 Å². The Morgan fingerprint density at radius 2 is 1.62 bits per heavy atom. The number of rotatable bonds is 7. The van der Waals surface area contributed by atoms with Gasteiger partial charge in [0.15, 0.2) is 5.92 Å². The molecule has 0 aliphatic rings. The van der Waals surface area contributed by atoms with Crippen LogP contribution in [-0.2, 0) is 19.1 Å². The van der Waals surface area contributed by atoms with Crippen molar-refractivity contribution in [2.75, 3.05) is 14.2 Å². The Morgan fingerprint density at radius 1 is 1.12 bits per heavy atom. The molecule has 0 fully saturated rings. The van der Waals surface area contributed by atoms with Crippen LogP contribution in [0.15, 0.2) is 0 Å². The van der Waals surface area contributed by atoms with Crippen molar-refractivity contribution in [1.82, 2.24) is 0 Å². The predicted octanol–water partition coefficient (Wildman–Crippen LogP) is 1.55. The second kappa shape index (κ2) is 7.84. The molecule has 0 spiro atoms. The number of carbonyl (C=O) groups is 2. The quantitative estimate of drug-likeness (QED) is 0.408. The van der Waals surface area contributed by atoms with E-state index in [2.05, 4.69) is 9.47 Å². The molecule has 0 amide bonds. The van der Waals surface area contributed by atoms with Gasteiger partial charge in [-0.25, -0.2) is 0 Å². The van der Waals surface area contributed by atoms with Crippen molar-refractivity contribution in [2.45, 2.75) is 32.6 Å². The summed E-state index contributed by atoms with van der Waals surface area (Å²) in [5.74, 6) is -2.11. The summed E-state index contributed by atoms with van der Waals surface area (Å²) >= 11 is 0. The average Bonchev–Trinajstić information content (AvgIpc) is 2.28. The van der Waals surface area contributed by atoms with Gasteiger partial charge < -0.3 is 14.9 Å². The second-order valence-corrected chi connectivity index (χ2v) is 3.49. The predicted molar refractivity (Wildman–Crippen MR) is 59.4 cm³/mol. The summed E-state index contributed by atoms with van der Waals surface area (Å²) in [5, 5.41) is 7.57. The number of methoxy groups -OCH3 is 2. The molecule has 0 aliphatic heterocycles. The SMILES string of the molecule is CCCC(=N)CCC(C(=O)OC)C(=O)OC. The molecule has 5 nitrogen and oxygen atoms in total. The van der Waals surface area contributed by atoms with E-state index in [4.69, 9.17) is 5.41 Å². The molecule has 0 aromatic rings. The lowest BCUT2D eigenvalue weighted by molar-refractivity contribution is -0.158. The van der Waals surface area contributed by atoms with Crippen molar-refractivity contribution in [2.24, 2.45) is 5.92 Å². The number of nitrogens with one attached hydrogen (secondary N) is 1. The molecule has 0 heterocycles. The van der Waals surface area contributed by atoms with Crippen LogP contribution in [0.3, 0.4) is 0 Å². The maximum Gasteiger partial charge on any atom is 0.320 e. The minimum Gasteiger partial charge on any atom is -0.468 e. The molecule has 0 rings (SSSR count). The van der Waals surface area contributed by atoms with Gasteiger partial charge in [0.05, 0.1) is 14.2 Å². The van der Waals surface area contributed by atoms with E-state index in [0.29, 0.717) is 18.6 Å². The molecule has 1 N–H and O–H groups in total. The standard InChI is InChI=1S/C11H19NO4/c1-4-5-8(12)6-7-9(10(13)15-2)11(14)16-3/h9,12H,4-7H2,1-3H3. The van der Waals surface area contributed by atoms with Gasteiger partial charge in [0.1, 0.15) is 0 Å². The Hall–Kier alpha value is -1.39. The van der Waals surface area contributed by atoms with E-state index in [0.717, 1.165) is 6.42 Å². The van der Waals surface area contributed by atoms with Crippen LogP contribution in [0.25, 0.3) is 0 Å². The van der Waals surface area contributed by atoms with Gasteiger partial charge in [0, 0.05) is 5.71 Å². The molecule has 0 bridgehead atoms. The summed E-state index contributed by atoms with van der Waals surface area (Å²) in [6.07, 6.45) is 2.27. The highest BCUT2D eigenvalue weighted by molar-refractivity contribution is 5.95. The first kappa shape index (κ1) is 14.6. The Balaban J connectivity index is 4.28. The van der Waals surface area contributed by atoms with Gasteiger partial charge >= 0.3 is 11.9 Å². The third-order valence-electron chi connectivity index (χ3n) is 2.26. The highest BCUT2D eigenvalue weighted by atomic mass is 16.5. The van der Waals surface area contributed by atoms with Crippen molar-refractivity contribution in [3.05, 3.63) is 0 Å². The molecule has 0 atom stereocenters. The molecule has 0 aliphatic carbocycles. The molecule has 0 radical (unpaired) electrons. The zero-order chi connectivity index (χ0) is 12.6. The Kier molecular flexibility index (Phi) is 7.16. The van der Waals surface area contributed by atoms with E-state index in [1.54, 1.807) is 0 Å². The van der Waals surface area contributed by atoms with Crippen molar-refractivity contribution in [3.63, 3.8) is 0 Å². The highest BCUT2D eigenvalue weighted by Gasteiger charge is 2.28.